The van der Waals surface area contributed by atoms with Crippen LogP contribution in [-0.4, -0.2) is 46.1 Å². The Morgan fingerprint density at radius 3 is 2.61 bits per heavy atom. The summed E-state index contributed by atoms with van der Waals surface area (Å²) < 4.78 is 0. The van der Waals surface area contributed by atoms with E-state index in [1.165, 1.54) is 12.8 Å². The Morgan fingerprint density at radius 2 is 2.06 bits per heavy atom. The first-order valence-corrected chi connectivity index (χ1v) is 6.69. The van der Waals surface area contributed by atoms with Gasteiger partial charge in [-0.3, -0.25) is 14.5 Å². The first kappa shape index (κ1) is 13.3. The summed E-state index contributed by atoms with van der Waals surface area (Å²) in [5, 5.41) is 11.9. The lowest BCUT2D eigenvalue weighted by atomic mass is 9.94. The minimum atomic E-state index is -0.905. The molecule has 0 aromatic heterocycles. The molecule has 1 saturated carbocycles. The molecule has 102 valence electrons. The van der Waals surface area contributed by atoms with Gasteiger partial charge in [0.2, 0.25) is 5.91 Å². The number of carboxylic acids is 1. The number of hydrogen-bond donors (Lipinski definition) is 2. The molecule has 1 aliphatic carbocycles. The molecule has 0 aromatic carbocycles. The molecule has 0 aromatic rings. The lowest BCUT2D eigenvalue weighted by Gasteiger charge is -2.46. The van der Waals surface area contributed by atoms with Crippen LogP contribution in [0.15, 0.2) is 0 Å². The van der Waals surface area contributed by atoms with E-state index in [2.05, 4.69) is 10.2 Å². The number of amides is 1. The largest absolute Gasteiger partial charge is 0.481 e. The first-order chi connectivity index (χ1) is 8.39. The highest BCUT2D eigenvalue weighted by atomic mass is 16.4. The molecule has 2 aliphatic rings. The van der Waals surface area contributed by atoms with Crippen LogP contribution in [0.2, 0.25) is 0 Å². The number of carbonyl (C=O) groups is 2. The van der Waals surface area contributed by atoms with E-state index in [-0.39, 0.29) is 17.9 Å². The van der Waals surface area contributed by atoms with Crippen LogP contribution in [0.25, 0.3) is 0 Å². The number of nitrogens with one attached hydrogen (secondary N) is 1. The lowest BCUT2D eigenvalue weighted by Crippen LogP contribution is -2.66. The highest BCUT2D eigenvalue weighted by molar-refractivity contribution is 5.87. The van der Waals surface area contributed by atoms with Gasteiger partial charge in [-0.05, 0) is 26.7 Å². The number of piperazine rings is 1. The van der Waals surface area contributed by atoms with Crippen molar-refractivity contribution >= 4 is 11.9 Å². The molecule has 0 bridgehead atoms. The van der Waals surface area contributed by atoms with E-state index >= 15 is 0 Å². The van der Waals surface area contributed by atoms with E-state index in [0.29, 0.717) is 6.04 Å². The average Bonchev–Trinajstić information content (AvgIpc) is 2.73. The number of carboxylic acid groups (broad SMARTS) is 1. The van der Waals surface area contributed by atoms with Gasteiger partial charge in [-0.25, -0.2) is 0 Å². The summed E-state index contributed by atoms with van der Waals surface area (Å²) >= 11 is 0. The third kappa shape index (κ3) is 2.83. The van der Waals surface area contributed by atoms with Crippen LogP contribution >= 0.6 is 0 Å². The van der Waals surface area contributed by atoms with Crippen molar-refractivity contribution < 1.29 is 14.7 Å². The Hall–Kier alpha value is -1.10. The molecule has 5 heteroatoms. The maximum Gasteiger partial charge on any atom is 0.305 e. The average molecular weight is 254 g/mol. The molecule has 2 N–H and O–H groups in total. The van der Waals surface area contributed by atoms with Gasteiger partial charge in [0.25, 0.3) is 0 Å². The van der Waals surface area contributed by atoms with E-state index in [1.807, 2.05) is 13.8 Å². The molecule has 2 rings (SSSR count). The predicted molar refractivity (Wildman–Crippen MR) is 67.2 cm³/mol. The number of nitrogens with zero attached hydrogens (tertiary/aromatic N) is 1. The Bertz CT molecular complexity index is 348. The van der Waals surface area contributed by atoms with Crippen molar-refractivity contribution in [3.05, 3.63) is 0 Å². The zero-order chi connectivity index (χ0) is 13.3. The quantitative estimate of drug-likeness (QED) is 0.788. The Labute approximate surface area is 108 Å². The topological polar surface area (TPSA) is 69.6 Å². The van der Waals surface area contributed by atoms with Crippen molar-refractivity contribution in [2.45, 2.75) is 63.6 Å². The molecule has 1 atom stereocenters. The van der Waals surface area contributed by atoms with E-state index in [9.17, 15) is 9.59 Å². The van der Waals surface area contributed by atoms with E-state index < -0.39 is 12.0 Å². The molecule has 0 spiro atoms. The van der Waals surface area contributed by atoms with Gasteiger partial charge < -0.3 is 10.4 Å². The molecular formula is C13H22N2O3. The molecule has 5 nitrogen and oxygen atoms in total. The molecule has 2 fully saturated rings. The maximum atomic E-state index is 12.1. The summed E-state index contributed by atoms with van der Waals surface area (Å²) in [6, 6.07) is -0.127. The minimum absolute atomic E-state index is 0.0988. The predicted octanol–water partition coefficient (Wildman–Crippen LogP) is 0.983. The van der Waals surface area contributed by atoms with Crippen molar-refractivity contribution in [1.82, 2.24) is 10.2 Å². The van der Waals surface area contributed by atoms with Gasteiger partial charge in [0.05, 0.1) is 12.5 Å². The summed E-state index contributed by atoms with van der Waals surface area (Å²) in [4.78, 5) is 25.1. The summed E-state index contributed by atoms with van der Waals surface area (Å²) in [6.07, 6.45) is 4.43. The van der Waals surface area contributed by atoms with Gasteiger partial charge in [0.15, 0.2) is 0 Å². The summed E-state index contributed by atoms with van der Waals surface area (Å²) in [7, 11) is 0. The first-order valence-electron chi connectivity index (χ1n) is 6.69. The van der Waals surface area contributed by atoms with Crippen molar-refractivity contribution in [2.24, 2.45) is 0 Å². The van der Waals surface area contributed by atoms with Gasteiger partial charge in [-0.15, -0.1) is 0 Å². The van der Waals surface area contributed by atoms with Crippen LogP contribution < -0.4 is 5.32 Å². The number of carbonyl (C=O) groups excluding carboxylic acids is 1. The van der Waals surface area contributed by atoms with E-state index in [0.717, 1.165) is 19.4 Å². The third-order valence-corrected chi connectivity index (χ3v) is 3.90. The Kier molecular flexibility index (Phi) is 3.61. The second kappa shape index (κ2) is 4.88. The van der Waals surface area contributed by atoms with Crippen LogP contribution in [0.3, 0.4) is 0 Å². The molecule has 1 amide bonds. The smallest absolute Gasteiger partial charge is 0.305 e. The van der Waals surface area contributed by atoms with Crippen molar-refractivity contribution in [2.75, 3.05) is 6.54 Å². The molecule has 1 aliphatic heterocycles. The molecule has 0 radical (unpaired) electrons. The van der Waals surface area contributed by atoms with Crippen LogP contribution in [0, 0.1) is 0 Å². The van der Waals surface area contributed by atoms with Gasteiger partial charge in [-0.2, -0.15) is 0 Å². The fourth-order valence-electron chi connectivity index (χ4n) is 3.17. The summed E-state index contributed by atoms with van der Waals surface area (Å²) in [6.45, 7) is 4.72. The molecule has 18 heavy (non-hydrogen) atoms. The van der Waals surface area contributed by atoms with Gasteiger partial charge in [-0.1, -0.05) is 12.8 Å². The minimum Gasteiger partial charge on any atom is -0.481 e. The molecular weight excluding hydrogens is 232 g/mol. The standard InChI is InChI=1S/C13H22N2O3/c1-13(2)8-15(9-5-3-4-6-9)10(7-11(16)17)12(18)14-13/h9-10H,3-8H2,1-2H3,(H,14,18)(H,16,17). The van der Waals surface area contributed by atoms with Crippen LogP contribution in [0.5, 0.6) is 0 Å². The highest BCUT2D eigenvalue weighted by Crippen LogP contribution is 2.29. The SMILES string of the molecule is CC1(C)CN(C2CCCC2)C(CC(=O)O)C(=O)N1. The van der Waals surface area contributed by atoms with E-state index in [4.69, 9.17) is 5.11 Å². The Balaban J connectivity index is 2.17. The second-order valence-corrected chi connectivity index (χ2v) is 6.10. The molecule has 1 unspecified atom stereocenters. The van der Waals surface area contributed by atoms with Crippen LogP contribution in [-0.2, 0) is 9.59 Å². The lowest BCUT2D eigenvalue weighted by molar-refractivity contribution is -0.146. The van der Waals surface area contributed by atoms with Gasteiger partial charge >= 0.3 is 5.97 Å². The highest BCUT2D eigenvalue weighted by Gasteiger charge is 2.42. The van der Waals surface area contributed by atoms with Crippen LogP contribution in [0.1, 0.15) is 46.0 Å². The van der Waals surface area contributed by atoms with E-state index in [1.54, 1.807) is 0 Å². The molecule has 1 heterocycles. The Morgan fingerprint density at radius 1 is 1.44 bits per heavy atom. The zero-order valence-corrected chi connectivity index (χ0v) is 11.1. The van der Waals surface area contributed by atoms with Gasteiger partial charge in [0.1, 0.15) is 0 Å². The fraction of sp³-hybridized carbons (Fsp3) is 0.846. The fourth-order valence-corrected chi connectivity index (χ4v) is 3.17. The summed E-state index contributed by atoms with van der Waals surface area (Å²) in [5.74, 6) is -1.04. The molecule has 1 saturated heterocycles. The number of hydrogen-bond acceptors (Lipinski definition) is 3. The van der Waals surface area contributed by atoms with Gasteiger partial charge in [0, 0.05) is 18.1 Å². The zero-order valence-electron chi connectivity index (χ0n) is 11.1. The van der Waals surface area contributed by atoms with Crippen molar-refractivity contribution in [1.29, 1.82) is 0 Å². The van der Waals surface area contributed by atoms with Crippen molar-refractivity contribution in [3.8, 4) is 0 Å². The monoisotopic (exact) mass is 254 g/mol. The number of rotatable bonds is 3. The number of aliphatic carboxylic acids is 1. The third-order valence-electron chi connectivity index (χ3n) is 3.90. The van der Waals surface area contributed by atoms with Crippen molar-refractivity contribution in [3.63, 3.8) is 0 Å². The maximum absolute atomic E-state index is 12.1. The second-order valence-electron chi connectivity index (χ2n) is 6.10. The van der Waals surface area contributed by atoms with Crippen LogP contribution in [0.4, 0.5) is 0 Å². The summed E-state index contributed by atoms with van der Waals surface area (Å²) in [5.41, 5.74) is -0.269. The normalized spacial score (nSPS) is 29.2.